The summed E-state index contributed by atoms with van der Waals surface area (Å²) < 4.78 is 0. The van der Waals surface area contributed by atoms with Gasteiger partial charge in [-0.15, -0.1) is 0 Å². The highest BCUT2D eigenvalue weighted by atomic mass is 16.3. The van der Waals surface area contributed by atoms with Crippen LogP contribution in [0.3, 0.4) is 0 Å². The molecule has 3 heteroatoms. The van der Waals surface area contributed by atoms with Crippen LogP contribution in [0.4, 0.5) is 0 Å². The van der Waals surface area contributed by atoms with Gasteiger partial charge in [0.05, 0.1) is 0 Å². The molecule has 2 N–H and O–H groups in total. The van der Waals surface area contributed by atoms with E-state index in [4.69, 9.17) is 0 Å². The average molecular weight is 294 g/mol. The summed E-state index contributed by atoms with van der Waals surface area (Å²) in [5.74, 6) is 1.64. The van der Waals surface area contributed by atoms with Crippen LogP contribution < -0.4 is 5.32 Å². The molecule has 0 bridgehead atoms. The molecule has 1 aliphatic heterocycles. The SMILES string of the molecule is CC(C1CC1)N1CC(CCO)CC(NC2CCCCC2)C1. The number of aliphatic hydroxyl groups excluding tert-OH is 1. The van der Waals surface area contributed by atoms with E-state index in [1.807, 2.05) is 0 Å². The van der Waals surface area contributed by atoms with Gasteiger partial charge in [0.25, 0.3) is 0 Å². The minimum atomic E-state index is 0.354. The van der Waals surface area contributed by atoms with Crippen LogP contribution in [0.2, 0.25) is 0 Å². The summed E-state index contributed by atoms with van der Waals surface area (Å²) in [4.78, 5) is 2.72. The largest absolute Gasteiger partial charge is 0.396 e. The maximum atomic E-state index is 9.33. The average Bonchev–Trinajstić information content (AvgIpc) is 3.32. The zero-order valence-corrected chi connectivity index (χ0v) is 13.8. The Labute approximate surface area is 130 Å². The van der Waals surface area contributed by atoms with Crippen molar-refractivity contribution in [1.29, 1.82) is 0 Å². The van der Waals surface area contributed by atoms with Gasteiger partial charge in [-0.05, 0) is 57.3 Å². The van der Waals surface area contributed by atoms with Crippen LogP contribution in [-0.4, -0.2) is 47.8 Å². The highest BCUT2D eigenvalue weighted by molar-refractivity contribution is 4.92. The molecule has 3 aliphatic rings. The number of hydrogen-bond donors (Lipinski definition) is 2. The summed E-state index contributed by atoms with van der Waals surface area (Å²) in [6.45, 7) is 5.22. The number of hydrogen-bond acceptors (Lipinski definition) is 3. The molecule has 3 atom stereocenters. The van der Waals surface area contributed by atoms with Crippen molar-refractivity contribution in [2.45, 2.75) is 82.8 Å². The maximum absolute atomic E-state index is 9.33. The Morgan fingerprint density at radius 2 is 1.81 bits per heavy atom. The Hall–Kier alpha value is -0.120. The second-order valence-corrected chi connectivity index (χ2v) is 7.84. The van der Waals surface area contributed by atoms with Gasteiger partial charge in [0, 0.05) is 37.8 Å². The molecule has 0 spiro atoms. The molecule has 21 heavy (non-hydrogen) atoms. The number of likely N-dealkylation sites (tertiary alicyclic amines) is 1. The quantitative estimate of drug-likeness (QED) is 0.791. The molecule has 0 aromatic heterocycles. The lowest BCUT2D eigenvalue weighted by atomic mass is 9.88. The van der Waals surface area contributed by atoms with Gasteiger partial charge < -0.3 is 10.4 Å². The molecule has 0 aromatic carbocycles. The Kier molecular flexibility index (Phi) is 5.58. The lowest BCUT2D eigenvalue weighted by Gasteiger charge is -2.43. The summed E-state index contributed by atoms with van der Waals surface area (Å²) in [6, 6.07) is 2.16. The number of rotatable bonds is 6. The summed E-state index contributed by atoms with van der Waals surface area (Å²) in [6.07, 6.45) is 12.1. The molecule has 3 fully saturated rings. The van der Waals surface area contributed by atoms with Crippen LogP contribution in [0, 0.1) is 11.8 Å². The first-order valence-corrected chi connectivity index (χ1v) is 9.37. The van der Waals surface area contributed by atoms with E-state index in [0.717, 1.165) is 24.4 Å². The molecule has 1 heterocycles. The fourth-order valence-corrected chi connectivity index (χ4v) is 4.57. The van der Waals surface area contributed by atoms with E-state index in [1.54, 1.807) is 0 Å². The second kappa shape index (κ2) is 7.43. The Balaban J connectivity index is 1.55. The monoisotopic (exact) mass is 294 g/mol. The third-order valence-electron chi connectivity index (χ3n) is 6.06. The standard InChI is InChI=1S/C18H34N2O/c1-14(16-7-8-16)20-12-15(9-10-21)11-18(13-20)19-17-5-3-2-4-6-17/h14-19,21H,2-13H2,1H3. The predicted molar refractivity (Wildman–Crippen MR) is 87.4 cm³/mol. The number of nitrogens with zero attached hydrogens (tertiary/aromatic N) is 1. The lowest BCUT2D eigenvalue weighted by Crippen LogP contribution is -2.54. The zero-order chi connectivity index (χ0) is 14.7. The zero-order valence-electron chi connectivity index (χ0n) is 13.8. The molecule has 0 aromatic rings. The highest BCUT2D eigenvalue weighted by Crippen LogP contribution is 2.37. The molecule has 1 saturated heterocycles. The van der Waals surface area contributed by atoms with Crippen molar-refractivity contribution < 1.29 is 5.11 Å². The van der Waals surface area contributed by atoms with Gasteiger partial charge in [-0.1, -0.05) is 19.3 Å². The Bertz CT molecular complexity index is 312. The van der Waals surface area contributed by atoms with Gasteiger partial charge in [0.2, 0.25) is 0 Å². The van der Waals surface area contributed by atoms with Crippen LogP contribution in [0.25, 0.3) is 0 Å². The summed E-state index contributed by atoms with van der Waals surface area (Å²) in [7, 11) is 0. The first-order chi connectivity index (χ1) is 10.3. The number of aliphatic hydroxyl groups is 1. The summed E-state index contributed by atoms with van der Waals surface area (Å²) in [5.41, 5.74) is 0. The topological polar surface area (TPSA) is 35.5 Å². The molecule has 122 valence electrons. The first kappa shape index (κ1) is 15.8. The van der Waals surface area contributed by atoms with Gasteiger partial charge in [-0.3, -0.25) is 4.90 Å². The van der Waals surface area contributed by atoms with Gasteiger partial charge in [-0.25, -0.2) is 0 Å². The Morgan fingerprint density at radius 1 is 1.05 bits per heavy atom. The van der Waals surface area contributed by atoms with Crippen LogP contribution in [0.5, 0.6) is 0 Å². The predicted octanol–water partition coefficient (Wildman–Crippen LogP) is 2.78. The molecule has 3 rings (SSSR count). The van der Waals surface area contributed by atoms with Crippen molar-refractivity contribution in [2.75, 3.05) is 19.7 Å². The maximum Gasteiger partial charge on any atom is 0.0434 e. The molecule has 0 radical (unpaired) electrons. The van der Waals surface area contributed by atoms with Gasteiger partial charge >= 0.3 is 0 Å². The highest BCUT2D eigenvalue weighted by Gasteiger charge is 2.37. The minimum Gasteiger partial charge on any atom is -0.396 e. The van der Waals surface area contributed by atoms with Crippen molar-refractivity contribution in [1.82, 2.24) is 10.2 Å². The molecule has 3 nitrogen and oxygen atoms in total. The first-order valence-electron chi connectivity index (χ1n) is 9.37. The van der Waals surface area contributed by atoms with Crippen molar-refractivity contribution in [3.8, 4) is 0 Å². The summed E-state index contributed by atoms with van der Waals surface area (Å²) >= 11 is 0. The lowest BCUT2D eigenvalue weighted by molar-refractivity contribution is 0.0765. The van der Waals surface area contributed by atoms with E-state index in [0.29, 0.717) is 18.6 Å². The fraction of sp³-hybridized carbons (Fsp3) is 1.00. The van der Waals surface area contributed by atoms with E-state index in [2.05, 4.69) is 17.1 Å². The number of nitrogens with one attached hydrogen (secondary N) is 1. The molecule has 2 aliphatic carbocycles. The summed E-state index contributed by atoms with van der Waals surface area (Å²) in [5, 5.41) is 13.3. The third kappa shape index (κ3) is 4.43. The van der Waals surface area contributed by atoms with Crippen molar-refractivity contribution in [2.24, 2.45) is 11.8 Å². The van der Waals surface area contributed by atoms with Crippen LogP contribution in [-0.2, 0) is 0 Å². The molecular formula is C18H34N2O. The van der Waals surface area contributed by atoms with Gasteiger partial charge in [0.15, 0.2) is 0 Å². The van der Waals surface area contributed by atoms with Crippen LogP contribution in [0.1, 0.15) is 64.7 Å². The third-order valence-corrected chi connectivity index (χ3v) is 6.06. The van der Waals surface area contributed by atoms with E-state index in [9.17, 15) is 5.11 Å². The number of piperidine rings is 1. The molecule has 0 amide bonds. The fourth-order valence-electron chi connectivity index (χ4n) is 4.57. The van der Waals surface area contributed by atoms with Gasteiger partial charge in [0.1, 0.15) is 0 Å². The van der Waals surface area contributed by atoms with Crippen molar-refractivity contribution in [3.63, 3.8) is 0 Å². The van der Waals surface area contributed by atoms with E-state index in [-0.39, 0.29) is 0 Å². The Morgan fingerprint density at radius 3 is 2.48 bits per heavy atom. The van der Waals surface area contributed by atoms with Crippen molar-refractivity contribution in [3.05, 3.63) is 0 Å². The van der Waals surface area contributed by atoms with Gasteiger partial charge in [-0.2, -0.15) is 0 Å². The molecular weight excluding hydrogens is 260 g/mol. The normalized spacial score (nSPS) is 34.0. The van der Waals surface area contributed by atoms with E-state index < -0.39 is 0 Å². The van der Waals surface area contributed by atoms with Crippen LogP contribution in [0.15, 0.2) is 0 Å². The smallest absolute Gasteiger partial charge is 0.0434 e. The van der Waals surface area contributed by atoms with Crippen molar-refractivity contribution >= 4 is 0 Å². The molecule has 2 saturated carbocycles. The van der Waals surface area contributed by atoms with E-state index >= 15 is 0 Å². The van der Waals surface area contributed by atoms with Crippen LogP contribution >= 0.6 is 0 Å². The second-order valence-electron chi connectivity index (χ2n) is 7.84. The molecule has 3 unspecified atom stereocenters. The van der Waals surface area contributed by atoms with E-state index in [1.165, 1.54) is 64.5 Å². The minimum absolute atomic E-state index is 0.354.